The summed E-state index contributed by atoms with van der Waals surface area (Å²) in [4.78, 5) is 16.1. The summed E-state index contributed by atoms with van der Waals surface area (Å²) in [5.41, 5.74) is 4.24. The number of anilines is 1. The Kier molecular flexibility index (Phi) is 3.43. The molecular weight excluding hydrogens is 286 g/mol. The molecule has 3 nitrogen and oxygen atoms in total. The van der Waals surface area contributed by atoms with E-state index in [-0.39, 0.29) is 6.42 Å². The van der Waals surface area contributed by atoms with Crippen molar-refractivity contribution in [3.63, 3.8) is 0 Å². The molecule has 1 fully saturated rings. The lowest BCUT2D eigenvalue weighted by atomic mass is 10.0. The van der Waals surface area contributed by atoms with E-state index >= 15 is 0 Å². The maximum Gasteiger partial charge on any atom is 0.260 e. The molecule has 114 valence electrons. The van der Waals surface area contributed by atoms with E-state index in [2.05, 4.69) is 10.3 Å². The van der Waals surface area contributed by atoms with Crippen LogP contribution in [0.4, 0.5) is 14.5 Å². The lowest BCUT2D eigenvalue weighted by molar-refractivity contribution is -0.119. The highest BCUT2D eigenvalue weighted by atomic mass is 19.3. The first kappa shape index (κ1) is 14.6. The van der Waals surface area contributed by atoms with Gasteiger partial charge in [-0.25, -0.2) is 8.78 Å². The quantitative estimate of drug-likeness (QED) is 0.932. The topological polar surface area (TPSA) is 42.0 Å². The summed E-state index contributed by atoms with van der Waals surface area (Å²) in [6.45, 7) is 3.90. The summed E-state index contributed by atoms with van der Waals surface area (Å²) in [6, 6.07) is 9.19. The van der Waals surface area contributed by atoms with Gasteiger partial charge in [0.2, 0.25) is 5.91 Å². The van der Waals surface area contributed by atoms with Crippen LogP contribution in [-0.2, 0) is 4.79 Å². The first-order valence-electron chi connectivity index (χ1n) is 7.09. The fourth-order valence-electron chi connectivity index (χ4n) is 2.33. The number of hydrogen-bond donors (Lipinski definition) is 1. The second kappa shape index (κ2) is 5.16. The molecule has 22 heavy (non-hydrogen) atoms. The Morgan fingerprint density at radius 1 is 1.27 bits per heavy atom. The van der Waals surface area contributed by atoms with Crippen molar-refractivity contribution in [1.82, 2.24) is 4.98 Å². The molecule has 1 aliphatic rings. The SMILES string of the molecule is Cc1ccc(-c2cc(NC(=O)[C@H]3CC3(F)F)ccc2C)nc1. The summed E-state index contributed by atoms with van der Waals surface area (Å²) in [7, 11) is 0. The average Bonchev–Trinajstić information content (AvgIpc) is 3.11. The van der Waals surface area contributed by atoms with Gasteiger partial charge in [0, 0.05) is 23.9 Å². The summed E-state index contributed by atoms with van der Waals surface area (Å²) in [5, 5.41) is 2.56. The van der Waals surface area contributed by atoms with Crippen LogP contribution < -0.4 is 5.32 Å². The van der Waals surface area contributed by atoms with Gasteiger partial charge in [-0.2, -0.15) is 0 Å². The number of hydrogen-bond acceptors (Lipinski definition) is 2. The van der Waals surface area contributed by atoms with Crippen LogP contribution in [0.2, 0.25) is 0 Å². The molecule has 5 heteroatoms. The van der Waals surface area contributed by atoms with Gasteiger partial charge >= 0.3 is 0 Å². The second-order valence-corrected chi connectivity index (χ2v) is 5.76. The monoisotopic (exact) mass is 302 g/mol. The molecule has 1 aromatic heterocycles. The van der Waals surface area contributed by atoms with Gasteiger partial charge in [0.15, 0.2) is 0 Å². The first-order valence-corrected chi connectivity index (χ1v) is 7.09. The summed E-state index contributed by atoms with van der Waals surface area (Å²) in [5.74, 6) is -4.68. The van der Waals surface area contributed by atoms with Crippen molar-refractivity contribution >= 4 is 11.6 Å². The number of alkyl halides is 2. The molecule has 1 N–H and O–H groups in total. The number of aryl methyl sites for hydroxylation is 2. The van der Waals surface area contributed by atoms with E-state index in [4.69, 9.17) is 0 Å². The van der Waals surface area contributed by atoms with E-state index < -0.39 is 17.7 Å². The molecule has 1 heterocycles. The zero-order valence-electron chi connectivity index (χ0n) is 12.4. The maximum absolute atomic E-state index is 12.9. The lowest BCUT2D eigenvalue weighted by Crippen LogP contribution is -2.17. The van der Waals surface area contributed by atoms with Crippen LogP contribution in [0.25, 0.3) is 11.3 Å². The zero-order valence-corrected chi connectivity index (χ0v) is 12.4. The van der Waals surface area contributed by atoms with E-state index in [1.165, 1.54) is 0 Å². The number of carbonyl (C=O) groups excluding carboxylic acids is 1. The van der Waals surface area contributed by atoms with Gasteiger partial charge in [-0.05, 0) is 43.2 Å². The van der Waals surface area contributed by atoms with Gasteiger partial charge in [-0.15, -0.1) is 0 Å². The van der Waals surface area contributed by atoms with Crippen LogP contribution in [-0.4, -0.2) is 16.8 Å². The van der Waals surface area contributed by atoms with Crippen LogP contribution in [0.15, 0.2) is 36.5 Å². The molecule has 0 saturated heterocycles. The highest BCUT2D eigenvalue weighted by molar-refractivity contribution is 5.95. The molecule has 1 aromatic carbocycles. The van der Waals surface area contributed by atoms with E-state index in [1.54, 1.807) is 18.3 Å². The van der Waals surface area contributed by atoms with Crippen molar-refractivity contribution in [1.29, 1.82) is 0 Å². The summed E-state index contributed by atoms with van der Waals surface area (Å²) >= 11 is 0. The highest BCUT2D eigenvalue weighted by Gasteiger charge is 2.61. The van der Waals surface area contributed by atoms with Crippen LogP contribution >= 0.6 is 0 Å². The fourth-order valence-corrected chi connectivity index (χ4v) is 2.33. The Balaban J connectivity index is 1.84. The average molecular weight is 302 g/mol. The molecule has 0 bridgehead atoms. The third kappa shape index (κ3) is 2.84. The van der Waals surface area contributed by atoms with E-state index in [0.29, 0.717) is 5.69 Å². The van der Waals surface area contributed by atoms with Crippen molar-refractivity contribution in [3.05, 3.63) is 47.7 Å². The number of aromatic nitrogens is 1. The normalized spacial score (nSPS) is 18.8. The van der Waals surface area contributed by atoms with E-state index in [1.807, 2.05) is 32.0 Å². The smallest absolute Gasteiger partial charge is 0.260 e. The van der Waals surface area contributed by atoms with Crippen molar-refractivity contribution in [2.45, 2.75) is 26.2 Å². The van der Waals surface area contributed by atoms with Crippen LogP contribution in [0.3, 0.4) is 0 Å². The van der Waals surface area contributed by atoms with Gasteiger partial charge in [-0.1, -0.05) is 12.1 Å². The third-order valence-corrected chi connectivity index (χ3v) is 3.83. The first-order chi connectivity index (χ1) is 10.4. The Hall–Kier alpha value is -2.30. The number of benzene rings is 1. The van der Waals surface area contributed by atoms with Crippen LogP contribution in [0.1, 0.15) is 17.5 Å². The number of nitrogens with zero attached hydrogens (tertiary/aromatic N) is 1. The van der Waals surface area contributed by atoms with Crippen molar-refractivity contribution in [2.75, 3.05) is 5.32 Å². The molecule has 0 unspecified atom stereocenters. The maximum atomic E-state index is 12.9. The van der Waals surface area contributed by atoms with Crippen molar-refractivity contribution in [2.24, 2.45) is 5.92 Å². The molecule has 1 amide bonds. The molecular formula is C17H16F2N2O. The minimum absolute atomic E-state index is 0.364. The van der Waals surface area contributed by atoms with E-state index in [0.717, 1.165) is 22.4 Å². The van der Waals surface area contributed by atoms with Crippen LogP contribution in [0.5, 0.6) is 0 Å². The number of nitrogens with one attached hydrogen (secondary N) is 1. The molecule has 1 atom stereocenters. The number of pyridine rings is 1. The van der Waals surface area contributed by atoms with Crippen molar-refractivity contribution < 1.29 is 13.6 Å². The second-order valence-electron chi connectivity index (χ2n) is 5.76. The van der Waals surface area contributed by atoms with Gasteiger partial charge in [-0.3, -0.25) is 9.78 Å². The van der Waals surface area contributed by atoms with Gasteiger partial charge in [0.1, 0.15) is 5.92 Å². The summed E-state index contributed by atoms with van der Waals surface area (Å²) < 4.78 is 25.8. The Morgan fingerprint density at radius 3 is 2.59 bits per heavy atom. The zero-order chi connectivity index (χ0) is 15.9. The predicted octanol–water partition coefficient (Wildman–Crippen LogP) is 3.96. The largest absolute Gasteiger partial charge is 0.326 e. The molecule has 1 aliphatic carbocycles. The molecule has 0 radical (unpaired) electrons. The number of rotatable bonds is 3. The van der Waals surface area contributed by atoms with Gasteiger partial charge in [0.25, 0.3) is 5.92 Å². The predicted molar refractivity (Wildman–Crippen MR) is 80.8 cm³/mol. The minimum Gasteiger partial charge on any atom is -0.326 e. The molecule has 3 rings (SSSR count). The van der Waals surface area contributed by atoms with Crippen molar-refractivity contribution in [3.8, 4) is 11.3 Å². The van der Waals surface area contributed by atoms with Gasteiger partial charge < -0.3 is 5.32 Å². The lowest BCUT2D eigenvalue weighted by Gasteiger charge is -2.10. The Morgan fingerprint density at radius 2 is 2.00 bits per heavy atom. The molecule has 1 saturated carbocycles. The van der Waals surface area contributed by atoms with Crippen LogP contribution in [0, 0.1) is 19.8 Å². The fraction of sp³-hybridized carbons (Fsp3) is 0.294. The van der Waals surface area contributed by atoms with Gasteiger partial charge in [0.05, 0.1) is 5.69 Å². The molecule has 2 aromatic rings. The molecule has 0 spiro atoms. The Bertz CT molecular complexity index is 726. The summed E-state index contributed by atoms with van der Waals surface area (Å²) in [6.07, 6.45) is 1.40. The number of amides is 1. The number of carbonyl (C=O) groups is 1. The Labute approximate surface area is 127 Å². The molecule has 0 aliphatic heterocycles. The highest BCUT2D eigenvalue weighted by Crippen LogP contribution is 2.49. The number of halogens is 2. The minimum atomic E-state index is -2.85. The third-order valence-electron chi connectivity index (χ3n) is 3.83. The van der Waals surface area contributed by atoms with E-state index in [9.17, 15) is 13.6 Å². The standard InChI is InChI=1S/C17H16F2N2O/c1-10-3-6-15(20-9-10)13-7-12(5-4-11(13)2)21-16(22)14-8-17(14,18)19/h3-7,9,14H,8H2,1-2H3,(H,21,22)/t14-/m1/s1.